The van der Waals surface area contributed by atoms with E-state index in [1.54, 1.807) is 25.1 Å². The highest BCUT2D eigenvalue weighted by atomic mass is 32.2. The molecular weight excluding hydrogens is 286 g/mol. The molecule has 0 spiro atoms. The summed E-state index contributed by atoms with van der Waals surface area (Å²) in [5, 5.41) is 9.15. The summed E-state index contributed by atoms with van der Waals surface area (Å²) in [6, 6.07) is 4.91. The van der Waals surface area contributed by atoms with E-state index >= 15 is 0 Å². The van der Waals surface area contributed by atoms with Crippen molar-refractivity contribution in [2.45, 2.75) is 64.5 Å². The van der Waals surface area contributed by atoms with Crippen molar-refractivity contribution in [1.82, 2.24) is 4.72 Å². The smallest absolute Gasteiger partial charge is 0.241 e. The zero-order valence-electron chi connectivity index (χ0n) is 13.4. The summed E-state index contributed by atoms with van der Waals surface area (Å²) in [5.74, 6) is 0.636. The van der Waals surface area contributed by atoms with Gasteiger partial charge in [0.2, 0.25) is 10.0 Å². The molecule has 0 aliphatic rings. The van der Waals surface area contributed by atoms with Gasteiger partial charge in [-0.25, -0.2) is 13.1 Å². The molecule has 0 radical (unpaired) electrons. The van der Waals surface area contributed by atoms with Crippen LogP contribution in [0.1, 0.15) is 51.2 Å². The van der Waals surface area contributed by atoms with Crippen molar-refractivity contribution in [2.24, 2.45) is 5.92 Å². The average Bonchev–Trinajstić information content (AvgIpc) is 2.38. The van der Waals surface area contributed by atoms with E-state index in [9.17, 15) is 8.42 Å². The summed E-state index contributed by atoms with van der Waals surface area (Å²) >= 11 is 0. The Morgan fingerprint density at radius 2 is 1.86 bits per heavy atom. The van der Waals surface area contributed by atoms with Crippen LogP contribution in [-0.4, -0.2) is 19.6 Å². The van der Waals surface area contributed by atoms with Crippen molar-refractivity contribution in [3.8, 4) is 0 Å². The van der Waals surface area contributed by atoms with Crippen LogP contribution in [-0.2, 0) is 16.6 Å². The zero-order chi connectivity index (χ0) is 16.0. The Morgan fingerprint density at radius 1 is 1.19 bits per heavy atom. The monoisotopic (exact) mass is 313 g/mol. The summed E-state index contributed by atoms with van der Waals surface area (Å²) in [5.41, 5.74) is 1.29. The molecule has 0 aliphatic carbocycles. The Balaban J connectivity index is 2.77. The number of aliphatic hydroxyl groups excluding tert-OH is 1. The van der Waals surface area contributed by atoms with Crippen LogP contribution in [0, 0.1) is 12.8 Å². The number of hydrogen-bond donors (Lipinski definition) is 2. The van der Waals surface area contributed by atoms with Gasteiger partial charge in [-0.1, -0.05) is 38.8 Å². The normalized spacial score (nSPS) is 13.6. The molecule has 0 saturated heterocycles. The molecular formula is C16H27NO3S. The fraction of sp³-hybridized carbons (Fsp3) is 0.625. The van der Waals surface area contributed by atoms with Gasteiger partial charge < -0.3 is 5.11 Å². The SMILES string of the molecule is Cc1ccc(CO)cc1S(=O)(=O)NC(C)CCCC(C)C. The standard InChI is InChI=1S/C16H27NO3S/c1-12(2)6-5-7-14(4)17-21(19,20)16-10-15(11-18)9-8-13(16)3/h8-10,12,14,17-18H,5-7,11H2,1-4H3. The van der Waals surface area contributed by atoms with Crippen LogP contribution < -0.4 is 4.72 Å². The van der Waals surface area contributed by atoms with Gasteiger partial charge >= 0.3 is 0 Å². The molecule has 4 nitrogen and oxygen atoms in total. The molecule has 1 aromatic carbocycles. The lowest BCUT2D eigenvalue weighted by Gasteiger charge is -2.16. The second kappa shape index (κ2) is 7.92. The van der Waals surface area contributed by atoms with Gasteiger partial charge in [-0.3, -0.25) is 0 Å². The van der Waals surface area contributed by atoms with Crippen LogP contribution in [0.15, 0.2) is 23.1 Å². The molecule has 1 atom stereocenters. The molecule has 0 heterocycles. The third-order valence-corrected chi connectivity index (χ3v) is 5.23. The van der Waals surface area contributed by atoms with Crippen LogP contribution >= 0.6 is 0 Å². The predicted molar refractivity (Wildman–Crippen MR) is 85.6 cm³/mol. The molecule has 0 aliphatic heterocycles. The molecule has 5 heteroatoms. The lowest BCUT2D eigenvalue weighted by atomic mass is 10.0. The largest absolute Gasteiger partial charge is 0.392 e. The molecule has 0 fully saturated rings. The molecule has 120 valence electrons. The van der Waals surface area contributed by atoms with Gasteiger partial charge in [0.25, 0.3) is 0 Å². The van der Waals surface area contributed by atoms with E-state index in [1.807, 2.05) is 6.92 Å². The maximum absolute atomic E-state index is 12.4. The molecule has 1 aromatic rings. The molecule has 1 rings (SSSR count). The summed E-state index contributed by atoms with van der Waals surface area (Å²) < 4.78 is 27.6. The van der Waals surface area contributed by atoms with Crippen molar-refractivity contribution >= 4 is 10.0 Å². The van der Waals surface area contributed by atoms with Crippen molar-refractivity contribution < 1.29 is 13.5 Å². The molecule has 0 aromatic heterocycles. The minimum Gasteiger partial charge on any atom is -0.392 e. The fourth-order valence-electron chi connectivity index (χ4n) is 2.25. The van der Waals surface area contributed by atoms with Gasteiger partial charge in [0, 0.05) is 6.04 Å². The van der Waals surface area contributed by atoms with Crippen LogP contribution in [0.4, 0.5) is 0 Å². The number of hydrogen-bond acceptors (Lipinski definition) is 3. The first-order valence-electron chi connectivity index (χ1n) is 7.49. The number of nitrogens with one attached hydrogen (secondary N) is 1. The predicted octanol–water partition coefficient (Wildman–Crippen LogP) is 2.98. The first-order valence-corrected chi connectivity index (χ1v) is 8.97. The van der Waals surface area contributed by atoms with E-state index in [1.165, 1.54) is 0 Å². The van der Waals surface area contributed by atoms with Crippen molar-refractivity contribution in [2.75, 3.05) is 0 Å². The molecule has 0 bridgehead atoms. The quantitative estimate of drug-likeness (QED) is 0.775. The average molecular weight is 313 g/mol. The van der Waals surface area contributed by atoms with Gasteiger partial charge in [0.1, 0.15) is 0 Å². The van der Waals surface area contributed by atoms with Gasteiger partial charge in [0.05, 0.1) is 11.5 Å². The van der Waals surface area contributed by atoms with E-state index in [4.69, 9.17) is 5.11 Å². The van der Waals surface area contributed by atoms with E-state index < -0.39 is 10.0 Å². The molecule has 1 unspecified atom stereocenters. The van der Waals surface area contributed by atoms with Gasteiger partial charge in [-0.05, 0) is 43.4 Å². The lowest BCUT2D eigenvalue weighted by molar-refractivity contribution is 0.281. The number of benzene rings is 1. The number of aliphatic hydroxyl groups is 1. The maximum Gasteiger partial charge on any atom is 0.241 e. The Labute approximate surface area is 128 Å². The minimum atomic E-state index is -3.53. The van der Waals surface area contributed by atoms with Crippen molar-refractivity contribution in [3.63, 3.8) is 0 Å². The fourth-order valence-corrected chi connectivity index (χ4v) is 3.82. The van der Waals surface area contributed by atoms with E-state index in [0.29, 0.717) is 17.0 Å². The Bertz CT molecular complexity index is 553. The minimum absolute atomic E-state index is 0.0917. The molecule has 0 saturated carbocycles. The first-order chi connectivity index (χ1) is 9.76. The first kappa shape index (κ1) is 18.1. The maximum atomic E-state index is 12.4. The Hall–Kier alpha value is -0.910. The second-order valence-corrected chi connectivity index (χ2v) is 7.79. The topological polar surface area (TPSA) is 66.4 Å². The summed E-state index contributed by atoms with van der Waals surface area (Å²) in [6.07, 6.45) is 2.94. The summed E-state index contributed by atoms with van der Waals surface area (Å²) in [4.78, 5) is 0.254. The lowest BCUT2D eigenvalue weighted by Crippen LogP contribution is -2.33. The third kappa shape index (κ3) is 5.77. The van der Waals surface area contributed by atoms with Crippen LogP contribution in [0.2, 0.25) is 0 Å². The van der Waals surface area contributed by atoms with Crippen LogP contribution in [0.25, 0.3) is 0 Å². The van der Waals surface area contributed by atoms with Crippen LogP contribution in [0.5, 0.6) is 0 Å². The third-order valence-electron chi connectivity index (χ3n) is 3.50. The molecule has 2 N–H and O–H groups in total. The van der Waals surface area contributed by atoms with Gasteiger partial charge in [-0.15, -0.1) is 0 Å². The zero-order valence-corrected chi connectivity index (χ0v) is 14.2. The molecule has 0 amide bonds. The van der Waals surface area contributed by atoms with Crippen molar-refractivity contribution in [1.29, 1.82) is 0 Å². The van der Waals surface area contributed by atoms with E-state index in [2.05, 4.69) is 18.6 Å². The summed E-state index contributed by atoms with van der Waals surface area (Å²) in [6.45, 7) is 7.83. The Morgan fingerprint density at radius 3 is 2.43 bits per heavy atom. The number of sulfonamides is 1. The highest BCUT2D eigenvalue weighted by Gasteiger charge is 2.19. The highest BCUT2D eigenvalue weighted by Crippen LogP contribution is 2.18. The number of rotatable bonds is 8. The summed E-state index contributed by atoms with van der Waals surface area (Å²) in [7, 11) is -3.53. The van der Waals surface area contributed by atoms with Gasteiger partial charge in [0.15, 0.2) is 0 Å². The number of aryl methyl sites for hydroxylation is 1. The van der Waals surface area contributed by atoms with Crippen LogP contribution in [0.3, 0.4) is 0 Å². The highest BCUT2D eigenvalue weighted by molar-refractivity contribution is 7.89. The second-order valence-electron chi connectivity index (χ2n) is 6.11. The molecule has 21 heavy (non-hydrogen) atoms. The van der Waals surface area contributed by atoms with Gasteiger partial charge in [-0.2, -0.15) is 0 Å². The van der Waals surface area contributed by atoms with E-state index in [-0.39, 0.29) is 17.5 Å². The van der Waals surface area contributed by atoms with Crippen molar-refractivity contribution in [3.05, 3.63) is 29.3 Å². The van der Waals surface area contributed by atoms with E-state index in [0.717, 1.165) is 19.3 Å². The Kier molecular flexibility index (Phi) is 6.84.